The molecule has 0 aliphatic heterocycles. The Morgan fingerprint density at radius 3 is 2.68 bits per heavy atom. The van der Waals surface area contributed by atoms with Gasteiger partial charge in [-0.1, -0.05) is 6.92 Å². The van der Waals surface area contributed by atoms with Crippen molar-refractivity contribution in [2.75, 3.05) is 18.5 Å². The Kier molecular flexibility index (Phi) is 5.04. The van der Waals surface area contributed by atoms with Crippen LogP contribution in [0.1, 0.15) is 6.92 Å². The van der Waals surface area contributed by atoms with Crippen LogP contribution in [0.4, 0.5) is 15.8 Å². The van der Waals surface area contributed by atoms with Gasteiger partial charge in [-0.15, -0.1) is 0 Å². The van der Waals surface area contributed by atoms with Crippen LogP contribution in [-0.2, 0) is 4.79 Å². The zero-order valence-corrected chi connectivity index (χ0v) is 12.4. The standard InChI is InChI=1S/C11H12FIN2O4/c1-6(11(16)17)5-14(2)9-3-7(12)8(13)4-10(9)15(18)19/h3-4,6H,5H2,1-2H3,(H,16,17). The third kappa shape index (κ3) is 3.75. The van der Waals surface area contributed by atoms with E-state index in [2.05, 4.69) is 0 Å². The number of benzene rings is 1. The van der Waals surface area contributed by atoms with Crippen molar-refractivity contribution in [1.82, 2.24) is 0 Å². The highest BCUT2D eigenvalue weighted by atomic mass is 127. The lowest BCUT2D eigenvalue weighted by Gasteiger charge is -2.21. The molecule has 0 heterocycles. The molecule has 0 saturated heterocycles. The number of aliphatic carboxylic acids is 1. The molecule has 0 aliphatic rings. The van der Waals surface area contributed by atoms with Gasteiger partial charge in [0, 0.05) is 25.7 Å². The summed E-state index contributed by atoms with van der Waals surface area (Å²) in [5.41, 5.74) is -0.179. The fourth-order valence-electron chi connectivity index (χ4n) is 1.57. The Balaban J connectivity index is 3.14. The number of nitro benzene ring substituents is 1. The first-order chi connectivity index (χ1) is 8.73. The number of carboxylic acids is 1. The predicted octanol–water partition coefficient (Wildman–Crippen LogP) is 2.50. The first-order valence-electron chi connectivity index (χ1n) is 5.31. The Hall–Kier alpha value is -1.45. The van der Waals surface area contributed by atoms with Crippen molar-refractivity contribution in [3.05, 3.63) is 31.6 Å². The third-order valence-electron chi connectivity index (χ3n) is 2.59. The van der Waals surface area contributed by atoms with E-state index in [0.717, 1.165) is 12.1 Å². The van der Waals surface area contributed by atoms with Gasteiger partial charge in [0.2, 0.25) is 0 Å². The van der Waals surface area contributed by atoms with Crippen LogP contribution in [-0.4, -0.2) is 29.6 Å². The van der Waals surface area contributed by atoms with Crippen LogP contribution in [0.15, 0.2) is 12.1 Å². The Labute approximate surface area is 122 Å². The quantitative estimate of drug-likeness (QED) is 0.481. The predicted molar refractivity (Wildman–Crippen MR) is 75.8 cm³/mol. The topological polar surface area (TPSA) is 83.7 Å². The maximum atomic E-state index is 13.5. The smallest absolute Gasteiger partial charge is 0.308 e. The number of hydrogen-bond donors (Lipinski definition) is 1. The maximum Gasteiger partial charge on any atom is 0.308 e. The summed E-state index contributed by atoms with van der Waals surface area (Å²) in [6.07, 6.45) is 0. The van der Waals surface area contributed by atoms with Gasteiger partial charge in [0.1, 0.15) is 11.5 Å². The zero-order valence-electron chi connectivity index (χ0n) is 10.3. The van der Waals surface area contributed by atoms with Gasteiger partial charge in [-0.25, -0.2) is 4.39 Å². The second-order valence-electron chi connectivity index (χ2n) is 4.13. The Morgan fingerprint density at radius 1 is 1.63 bits per heavy atom. The summed E-state index contributed by atoms with van der Waals surface area (Å²) >= 11 is 1.67. The van der Waals surface area contributed by atoms with Crippen LogP contribution in [0.5, 0.6) is 0 Å². The van der Waals surface area contributed by atoms with Gasteiger partial charge < -0.3 is 10.0 Å². The van der Waals surface area contributed by atoms with Crippen molar-refractivity contribution in [1.29, 1.82) is 0 Å². The molecule has 104 valence electrons. The maximum absolute atomic E-state index is 13.5. The number of nitro groups is 1. The summed E-state index contributed by atoms with van der Waals surface area (Å²) in [5, 5.41) is 19.8. The van der Waals surface area contributed by atoms with Crippen LogP contribution in [0.25, 0.3) is 0 Å². The van der Waals surface area contributed by atoms with Crippen LogP contribution in [0, 0.1) is 25.4 Å². The summed E-state index contributed by atoms with van der Waals surface area (Å²) < 4.78 is 13.7. The summed E-state index contributed by atoms with van der Waals surface area (Å²) in [7, 11) is 1.49. The van der Waals surface area contributed by atoms with E-state index in [1.807, 2.05) is 0 Å². The van der Waals surface area contributed by atoms with Gasteiger partial charge in [-0.3, -0.25) is 14.9 Å². The minimum absolute atomic E-state index is 0.0518. The van der Waals surface area contributed by atoms with E-state index in [-0.39, 0.29) is 21.5 Å². The van der Waals surface area contributed by atoms with Gasteiger partial charge in [-0.2, -0.15) is 0 Å². The first kappa shape index (κ1) is 15.6. The minimum atomic E-state index is -1.01. The second-order valence-corrected chi connectivity index (χ2v) is 5.29. The zero-order chi connectivity index (χ0) is 14.7. The van der Waals surface area contributed by atoms with Crippen LogP contribution in [0.3, 0.4) is 0 Å². The number of nitrogens with zero attached hydrogens (tertiary/aromatic N) is 2. The lowest BCUT2D eigenvalue weighted by Crippen LogP contribution is -2.29. The van der Waals surface area contributed by atoms with Gasteiger partial charge in [-0.05, 0) is 22.6 Å². The summed E-state index contributed by atoms with van der Waals surface area (Å²) in [6.45, 7) is 1.53. The number of carbonyl (C=O) groups is 1. The fraction of sp³-hybridized carbons (Fsp3) is 0.364. The van der Waals surface area contributed by atoms with E-state index in [1.165, 1.54) is 18.9 Å². The van der Waals surface area contributed by atoms with E-state index >= 15 is 0 Å². The highest BCUT2D eigenvalue weighted by Gasteiger charge is 2.23. The monoisotopic (exact) mass is 382 g/mol. The third-order valence-corrected chi connectivity index (χ3v) is 3.42. The summed E-state index contributed by atoms with van der Waals surface area (Å²) in [5.74, 6) is -2.30. The molecule has 1 N–H and O–H groups in total. The lowest BCUT2D eigenvalue weighted by atomic mass is 10.1. The number of carboxylic acid groups (broad SMARTS) is 1. The highest BCUT2D eigenvalue weighted by molar-refractivity contribution is 14.1. The molecule has 6 nitrogen and oxygen atoms in total. The first-order valence-corrected chi connectivity index (χ1v) is 6.39. The summed E-state index contributed by atoms with van der Waals surface area (Å²) in [6, 6.07) is 2.18. The van der Waals surface area contributed by atoms with Gasteiger partial charge in [0.15, 0.2) is 0 Å². The molecule has 1 aromatic carbocycles. The van der Waals surface area contributed by atoms with Crippen molar-refractivity contribution in [2.24, 2.45) is 5.92 Å². The van der Waals surface area contributed by atoms with Crippen LogP contribution < -0.4 is 4.90 Å². The van der Waals surface area contributed by atoms with E-state index in [1.54, 1.807) is 22.6 Å². The molecule has 1 unspecified atom stereocenters. The molecule has 0 bridgehead atoms. The molecule has 0 radical (unpaired) electrons. The average molecular weight is 382 g/mol. The van der Waals surface area contributed by atoms with Gasteiger partial charge in [0.25, 0.3) is 5.69 Å². The van der Waals surface area contributed by atoms with E-state index in [9.17, 15) is 19.3 Å². The van der Waals surface area contributed by atoms with Crippen LogP contribution >= 0.6 is 22.6 Å². The Bertz CT molecular complexity index is 524. The molecule has 0 amide bonds. The minimum Gasteiger partial charge on any atom is -0.481 e. The number of rotatable bonds is 5. The molecular weight excluding hydrogens is 370 g/mol. The number of anilines is 1. The second kappa shape index (κ2) is 6.13. The van der Waals surface area contributed by atoms with E-state index < -0.39 is 22.6 Å². The van der Waals surface area contributed by atoms with Gasteiger partial charge in [0.05, 0.1) is 14.4 Å². The molecule has 0 aromatic heterocycles. The molecule has 1 rings (SSSR count). The lowest BCUT2D eigenvalue weighted by molar-refractivity contribution is -0.384. The fourth-order valence-corrected chi connectivity index (χ4v) is 2.02. The molecule has 8 heteroatoms. The van der Waals surface area contributed by atoms with Gasteiger partial charge >= 0.3 is 5.97 Å². The normalized spacial score (nSPS) is 12.0. The van der Waals surface area contributed by atoms with Crippen molar-refractivity contribution in [2.45, 2.75) is 6.92 Å². The number of hydrogen-bond acceptors (Lipinski definition) is 4. The average Bonchev–Trinajstić information content (AvgIpc) is 2.31. The molecule has 19 heavy (non-hydrogen) atoms. The highest BCUT2D eigenvalue weighted by Crippen LogP contribution is 2.31. The molecule has 0 aliphatic carbocycles. The largest absolute Gasteiger partial charge is 0.481 e. The molecule has 0 fully saturated rings. The number of halogens is 2. The van der Waals surface area contributed by atoms with Crippen molar-refractivity contribution < 1.29 is 19.2 Å². The molecule has 1 atom stereocenters. The molecule has 0 spiro atoms. The molecular formula is C11H12FIN2O4. The van der Waals surface area contributed by atoms with Crippen molar-refractivity contribution in [3.8, 4) is 0 Å². The van der Waals surface area contributed by atoms with E-state index in [4.69, 9.17) is 5.11 Å². The summed E-state index contributed by atoms with van der Waals surface area (Å²) in [4.78, 5) is 22.5. The van der Waals surface area contributed by atoms with Crippen molar-refractivity contribution >= 4 is 39.9 Å². The van der Waals surface area contributed by atoms with Crippen LogP contribution in [0.2, 0.25) is 0 Å². The molecule has 1 aromatic rings. The van der Waals surface area contributed by atoms with Crippen molar-refractivity contribution in [3.63, 3.8) is 0 Å². The Morgan fingerprint density at radius 2 is 2.21 bits per heavy atom. The SMILES string of the molecule is CC(CN(C)c1cc(F)c(I)cc1[N+](=O)[O-])C(=O)O. The molecule has 0 saturated carbocycles. The van der Waals surface area contributed by atoms with E-state index in [0.29, 0.717) is 0 Å².